The second-order valence-corrected chi connectivity index (χ2v) is 7.33. The van der Waals surface area contributed by atoms with Crippen LogP contribution in [0.4, 0.5) is 19.0 Å². The first-order valence-corrected chi connectivity index (χ1v) is 10.5. The Labute approximate surface area is 192 Å². The molecule has 0 radical (unpaired) electrons. The van der Waals surface area contributed by atoms with E-state index in [2.05, 4.69) is 40.7 Å². The molecule has 2 aromatic heterocycles. The van der Waals surface area contributed by atoms with E-state index in [9.17, 15) is 18.0 Å². The fourth-order valence-electron chi connectivity index (χ4n) is 3.32. The van der Waals surface area contributed by atoms with E-state index in [-0.39, 0.29) is 29.4 Å². The van der Waals surface area contributed by atoms with E-state index in [1.165, 1.54) is 22.9 Å². The molecule has 0 spiro atoms. The van der Waals surface area contributed by atoms with Gasteiger partial charge in [0.05, 0.1) is 17.5 Å². The third-order valence-corrected chi connectivity index (χ3v) is 4.76. The summed E-state index contributed by atoms with van der Waals surface area (Å²) in [5.41, 5.74) is 7.20. The predicted octanol–water partition coefficient (Wildman–Crippen LogP) is 2.64. The first-order chi connectivity index (χ1) is 16.3. The normalized spacial score (nSPS) is 12.1. The lowest BCUT2D eigenvalue weighted by Crippen LogP contribution is -2.28. The molecule has 0 aliphatic carbocycles. The molecule has 0 unspecified atom stereocenters. The molecular formula is C20H24F3N9O2. The second-order valence-electron chi connectivity index (χ2n) is 7.33. The predicted molar refractivity (Wildman–Crippen MR) is 116 cm³/mol. The number of nitrogens with two attached hydrogens (primary N) is 1. The highest BCUT2D eigenvalue weighted by Gasteiger charge is 2.32. The van der Waals surface area contributed by atoms with Gasteiger partial charge in [-0.15, -0.1) is 5.10 Å². The van der Waals surface area contributed by atoms with Crippen molar-refractivity contribution in [2.45, 2.75) is 39.4 Å². The van der Waals surface area contributed by atoms with Crippen molar-refractivity contribution in [2.75, 3.05) is 18.8 Å². The Bertz CT molecular complexity index is 1130. The summed E-state index contributed by atoms with van der Waals surface area (Å²) in [6.45, 7) is 5.83. The average Bonchev–Trinajstić information content (AvgIpc) is 3.39. The summed E-state index contributed by atoms with van der Waals surface area (Å²) >= 11 is 0. The van der Waals surface area contributed by atoms with Gasteiger partial charge in [-0.2, -0.15) is 23.0 Å². The molecule has 11 nitrogen and oxygen atoms in total. The number of rotatable bonds is 10. The van der Waals surface area contributed by atoms with Gasteiger partial charge in [-0.25, -0.2) is 10.1 Å². The number of nitrogens with one attached hydrogen (secondary N) is 1. The molecule has 1 aromatic carbocycles. The fourth-order valence-corrected chi connectivity index (χ4v) is 3.32. The molecule has 1 amide bonds. The SMILES string of the molecule is CCCN(CCC)Cc1c(C(=O)NN=Cc2ccccc2C(F)(F)F)nnn1-c1nonc1N. The summed E-state index contributed by atoms with van der Waals surface area (Å²) in [4.78, 5) is 14.9. The summed E-state index contributed by atoms with van der Waals surface area (Å²) in [5, 5.41) is 18.8. The second kappa shape index (κ2) is 10.9. The van der Waals surface area contributed by atoms with Crippen molar-refractivity contribution < 1.29 is 22.6 Å². The third-order valence-electron chi connectivity index (χ3n) is 4.76. The van der Waals surface area contributed by atoms with Gasteiger partial charge >= 0.3 is 6.18 Å². The van der Waals surface area contributed by atoms with Crippen LogP contribution in [0.3, 0.4) is 0 Å². The summed E-state index contributed by atoms with van der Waals surface area (Å²) < 4.78 is 45.4. The van der Waals surface area contributed by atoms with E-state index in [4.69, 9.17) is 5.73 Å². The molecule has 3 N–H and O–H groups in total. The van der Waals surface area contributed by atoms with Crippen LogP contribution in [0.15, 0.2) is 34.0 Å². The first-order valence-electron chi connectivity index (χ1n) is 10.5. The molecule has 14 heteroatoms. The number of aromatic nitrogens is 5. The molecule has 2 heterocycles. The highest BCUT2D eigenvalue weighted by molar-refractivity contribution is 5.94. The number of halogens is 3. The zero-order chi connectivity index (χ0) is 24.7. The molecule has 3 rings (SSSR count). The standard InChI is InChI=1S/C20H24F3N9O2/c1-3-9-31(10-4-2)12-15-16(26-30-32(15)18-17(24)28-34-29-18)19(33)27-25-11-13-7-5-6-8-14(13)20(21,22)23/h5-8,11H,3-4,9-10,12H2,1-2H3,(H2,24,28)(H,27,33). The Kier molecular flexibility index (Phi) is 7.94. The van der Waals surface area contributed by atoms with E-state index >= 15 is 0 Å². The van der Waals surface area contributed by atoms with Gasteiger partial charge in [0.2, 0.25) is 11.6 Å². The minimum Gasteiger partial charge on any atom is -0.378 e. The van der Waals surface area contributed by atoms with Crippen molar-refractivity contribution >= 4 is 17.9 Å². The highest BCUT2D eigenvalue weighted by Crippen LogP contribution is 2.31. The zero-order valence-corrected chi connectivity index (χ0v) is 18.6. The lowest BCUT2D eigenvalue weighted by molar-refractivity contribution is -0.137. The number of hydrazone groups is 1. The number of benzene rings is 1. The molecule has 34 heavy (non-hydrogen) atoms. The fraction of sp³-hybridized carbons (Fsp3) is 0.400. The molecular weight excluding hydrogens is 455 g/mol. The van der Waals surface area contributed by atoms with Crippen molar-refractivity contribution in [1.29, 1.82) is 0 Å². The zero-order valence-electron chi connectivity index (χ0n) is 18.6. The minimum atomic E-state index is -4.56. The van der Waals surface area contributed by atoms with Crippen molar-refractivity contribution in [3.63, 3.8) is 0 Å². The Balaban J connectivity index is 1.89. The van der Waals surface area contributed by atoms with Gasteiger partial charge in [-0.05, 0) is 42.3 Å². The highest BCUT2D eigenvalue weighted by atomic mass is 19.4. The summed E-state index contributed by atoms with van der Waals surface area (Å²) in [6.07, 6.45) is -1.89. The Morgan fingerprint density at radius 1 is 1.24 bits per heavy atom. The van der Waals surface area contributed by atoms with E-state index in [1.54, 1.807) is 0 Å². The van der Waals surface area contributed by atoms with E-state index < -0.39 is 17.6 Å². The maximum Gasteiger partial charge on any atom is 0.417 e. The Morgan fingerprint density at radius 2 is 1.94 bits per heavy atom. The number of nitrogens with zero attached hydrogens (tertiary/aromatic N) is 7. The number of carbonyl (C=O) groups excluding carboxylic acids is 1. The summed E-state index contributed by atoms with van der Waals surface area (Å²) in [6, 6.07) is 4.88. The molecule has 0 atom stereocenters. The lowest BCUT2D eigenvalue weighted by Gasteiger charge is -2.21. The number of hydrogen-bond acceptors (Lipinski definition) is 9. The number of alkyl halides is 3. The van der Waals surface area contributed by atoms with Crippen molar-refractivity contribution in [2.24, 2.45) is 5.10 Å². The van der Waals surface area contributed by atoms with Crippen LogP contribution in [0.1, 0.15) is 54.0 Å². The minimum absolute atomic E-state index is 0.0441. The van der Waals surface area contributed by atoms with Gasteiger partial charge in [-0.1, -0.05) is 37.3 Å². The quantitative estimate of drug-likeness (QED) is 0.334. The van der Waals surface area contributed by atoms with Gasteiger partial charge in [-0.3, -0.25) is 9.69 Å². The molecule has 0 aliphatic rings. The number of nitrogen functional groups attached to an aromatic ring is 1. The molecule has 3 aromatic rings. The van der Waals surface area contributed by atoms with E-state index in [1.807, 2.05) is 13.8 Å². The molecule has 182 valence electrons. The van der Waals surface area contributed by atoms with Crippen LogP contribution in [0.2, 0.25) is 0 Å². The summed E-state index contributed by atoms with van der Waals surface area (Å²) in [5.74, 6) is -0.737. The molecule has 0 fully saturated rings. The molecule has 0 saturated heterocycles. The van der Waals surface area contributed by atoms with Crippen molar-refractivity contribution in [3.05, 3.63) is 46.8 Å². The Morgan fingerprint density at radius 3 is 2.56 bits per heavy atom. The van der Waals surface area contributed by atoms with Crippen molar-refractivity contribution in [1.82, 2.24) is 35.6 Å². The largest absolute Gasteiger partial charge is 0.417 e. The Hall–Kier alpha value is -3.81. The molecule has 0 bridgehead atoms. The van der Waals surface area contributed by atoms with Crippen molar-refractivity contribution in [3.8, 4) is 5.82 Å². The van der Waals surface area contributed by atoms with Gasteiger partial charge in [0.1, 0.15) is 0 Å². The first kappa shape index (κ1) is 24.8. The number of carbonyl (C=O) groups is 1. The van der Waals surface area contributed by atoms with E-state index in [0.29, 0.717) is 5.69 Å². The van der Waals surface area contributed by atoms with Gasteiger partial charge in [0.25, 0.3) is 5.91 Å². The van der Waals surface area contributed by atoms with Crippen LogP contribution in [-0.2, 0) is 12.7 Å². The van der Waals surface area contributed by atoms with Crippen LogP contribution >= 0.6 is 0 Å². The third kappa shape index (κ3) is 5.75. The van der Waals surface area contributed by atoms with Crippen LogP contribution in [0.5, 0.6) is 0 Å². The van der Waals surface area contributed by atoms with Crippen LogP contribution in [0, 0.1) is 0 Å². The molecule has 0 saturated carbocycles. The topological polar surface area (TPSA) is 140 Å². The van der Waals surface area contributed by atoms with Gasteiger partial charge in [0, 0.05) is 12.1 Å². The van der Waals surface area contributed by atoms with E-state index in [0.717, 1.165) is 38.2 Å². The molecule has 0 aliphatic heterocycles. The maximum atomic E-state index is 13.2. The number of anilines is 1. The van der Waals surface area contributed by atoms with Crippen LogP contribution in [-0.4, -0.2) is 55.4 Å². The summed E-state index contributed by atoms with van der Waals surface area (Å²) in [7, 11) is 0. The average molecular weight is 479 g/mol. The van der Waals surface area contributed by atoms with Gasteiger partial charge in [0.15, 0.2) is 5.69 Å². The monoisotopic (exact) mass is 479 g/mol. The van der Waals surface area contributed by atoms with Crippen LogP contribution in [0.25, 0.3) is 5.82 Å². The lowest BCUT2D eigenvalue weighted by atomic mass is 10.1. The number of hydrogen-bond donors (Lipinski definition) is 2. The maximum absolute atomic E-state index is 13.2. The number of amides is 1. The van der Waals surface area contributed by atoms with Crippen LogP contribution < -0.4 is 11.2 Å². The van der Waals surface area contributed by atoms with Gasteiger partial charge < -0.3 is 5.73 Å². The smallest absolute Gasteiger partial charge is 0.378 e.